The third-order valence-electron chi connectivity index (χ3n) is 5.65. The Morgan fingerprint density at radius 3 is 2.50 bits per heavy atom. The smallest absolute Gasteiger partial charge is 0.227 e. The van der Waals surface area contributed by atoms with Crippen LogP contribution in [0.2, 0.25) is 5.15 Å². The second-order valence-corrected chi connectivity index (χ2v) is 7.97. The van der Waals surface area contributed by atoms with Crippen molar-refractivity contribution in [1.82, 2.24) is 20.0 Å². The van der Waals surface area contributed by atoms with E-state index in [-0.39, 0.29) is 11.8 Å². The molecule has 2 saturated heterocycles. The second kappa shape index (κ2) is 8.88. The van der Waals surface area contributed by atoms with Crippen LogP contribution in [0, 0.1) is 5.92 Å². The standard InChI is InChI=1S/C21H26ClN5O/c22-19-8-9-20(24-23-19)27-10-4-7-18(16-27)21(28)26-13-11-25(12-14-26)15-17-5-2-1-3-6-17/h1-3,5-6,8-9,18H,4,7,10-16H2/t18-/m0/s1. The van der Waals surface area contributed by atoms with Crippen LogP contribution in [-0.4, -0.2) is 65.2 Å². The van der Waals surface area contributed by atoms with Crippen molar-refractivity contribution in [2.75, 3.05) is 44.2 Å². The molecule has 0 saturated carbocycles. The predicted molar refractivity (Wildman–Crippen MR) is 110 cm³/mol. The summed E-state index contributed by atoms with van der Waals surface area (Å²) in [4.78, 5) is 19.7. The van der Waals surface area contributed by atoms with Gasteiger partial charge >= 0.3 is 0 Å². The maximum atomic E-state index is 13.1. The number of rotatable bonds is 4. The maximum Gasteiger partial charge on any atom is 0.227 e. The van der Waals surface area contributed by atoms with E-state index >= 15 is 0 Å². The summed E-state index contributed by atoms with van der Waals surface area (Å²) >= 11 is 5.84. The first kappa shape index (κ1) is 19.2. The minimum Gasteiger partial charge on any atom is -0.354 e. The van der Waals surface area contributed by atoms with Gasteiger partial charge in [0.1, 0.15) is 0 Å². The molecule has 3 heterocycles. The van der Waals surface area contributed by atoms with E-state index in [4.69, 9.17) is 11.6 Å². The third kappa shape index (κ3) is 4.62. The lowest BCUT2D eigenvalue weighted by Crippen LogP contribution is -2.52. The Labute approximate surface area is 171 Å². The summed E-state index contributed by atoms with van der Waals surface area (Å²) in [6.07, 6.45) is 1.94. The number of anilines is 1. The number of carbonyl (C=O) groups is 1. The Morgan fingerprint density at radius 2 is 1.79 bits per heavy atom. The molecule has 2 fully saturated rings. The van der Waals surface area contributed by atoms with Crippen molar-refractivity contribution in [3.8, 4) is 0 Å². The molecule has 0 unspecified atom stereocenters. The number of hydrogen-bond acceptors (Lipinski definition) is 5. The zero-order valence-electron chi connectivity index (χ0n) is 16.0. The average Bonchev–Trinajstić information content (AvgIpc) is 2.75. The van der Waals surface area contributed by atoms with Crippen molar-refractivity contribution in [3.05, 3.63) is 53.2 Å². The van der Waals surface area contributed by atoms with E-state index in [9.17, 15) is 4.79 Å². The fourth-order valence-corrected chi connectivity index (χ4v) is 4.19. The summed E-state index contributed by atoms with van der Waals surface area (Å²) in [7, 11) is 0. The number of carbonyl (C=O) groups excluding carboxylic acids is 1. The Hall–Kier alpha value is -2.18. The molecule has 1 aromatic heterocycles. The summed E-state index contributed by atoms with van der Waals surface area (Å²) in [6.45, 7) is 6.05. The van der Waals surface area contributed by atoms with Gasteiger partial charge in [-0.05, 0) is 30.5 Å². The summed E-state index contributed by atoms with van der Waals surface area (Å²) in [5.74, 6) is 1.12. The lowest BCUT2D eigenvalue weighted by Gasteiger charge is -2.39. The van der Waals surface area contributed by atoms with Gasteiger partial charge in [0.2, 0.25) is 5.91 Å². The zero-order valence-corrected chi connectivity index (χ0v) is 16.8. The van der Waals surface area contributed by atoms with Crippen molar-refractivity contribution in [2.24, 2.45) is 5.92 Å². The Morgan fingerprint density at radius 1 is 1.00 bits per heavy atom. The Balaban J connectivity index is 1.30. The fourth-order valence-electron chi connectivity index (χ4n) is 4.09. The summed E-state index contributed by atoms with van der Waals surface area (Å²) < 4.78 is 0. The summed E-state index contributed by atoms with van der Waals surface area (Å²) in [5.41, 5.74) is 1.33. The van der Waals surface area contributed by atoms with Crippen molar-refractivity contribution < 1.29 is 4.79 Å². The SMILES string of the molecule is O=C([C@H]1CCCN(c2ccc(Cl)nn2)C1)N1CCN(Cc2ccccc2)CC1. The van der Waals surface area contributed by atoms with E-state index in [2.05, 4.69) is 44.3 Å². The molecule has 6 nitrogen and oxygen atoms in total. The van der Waals surface area contributed by atoms with Gasteiger partial charge in [-0.15, -0.1) is 10.2 Å². The lowest BCUT2D eigenvalue weighted by atomic mass is 9.96. The summed E-state index contributed by atoms with van der Waals surface area (Å²) in [5, 5.41) is 8.49. The molecule has 1 aromatic carbocycles. The number of piperidine rings is 1. The molecule has 1 atom stereocenters. The second-order valence-electron chi connectivity index (χ2n) is 7.59. The number of benzene rings is 1. The molecule has 2 aliphatic rings. The van der Waals surface area contributed by atoms with Crippen LogP contribution < -0.4 is 4.90 Å². The van der Waals surface area contributed by atoms with Crippen molar-refractivity contribution in [3.63, 3.8) is 0 Å². The van der Waals surface area contributed by atoms with Gasteiger partial charge in [-0.25, -0.2) is 0 Å². The fraction of sp³-hybridized carbons (Fsp3) is 0.476. The molecule has 0 spiro atoms. The molecule has 1 amide bonds. The number of halogens is 1. The normalized spacial score (nSPS) is 21.0. The van der Waals surface area contributed by atoms with Gasteiger partial charge in [-0.1, -0.05) is 41.9 Å². The molecule has 0 radical (unpaired) electrons. The van der Waals surface area contributed by atoms with Crippen LogP contribution in [0.1, 0.15) is 18.4 Å². The third-order valence-corrected chi connectivity index (χ3v) is 5.85. The molecule has 0 bridgehead atoms. The van der Waals surface area contributed by atoms with Gasteiger partial charge in [0.05, 0.1) is 5.92 Å². The van der Waals surface area contributed by atoms with E-state index in [0.717, 1.165) is 57.9 Å². The van der Waals surface area contributed by atoms with E-state index in [0.29, 0.717) is 11.7 Å². The Kier molecular flexibility index (Phi) is 6.07. The van der Waals surface area contributed by atoms with Crippen molar-refractivity contribution >= 4 is 23.3 Å². The van der Waals surface area contributed by atoms with E-state index in [1.807, 2.05) is 17.0 Å². The van der Waals surface area contributed by atoms with Crippen LogP contribution in [0.5, 0.6) is 0 Å². The highest BCUT2D eigenvalue weighted by Crippen LogP contribution is 2.24. The minimum atomic E-state index is 0.0342. The van der Waals surface area contributed by atoms with Crippen LogP contribution in [0.4, 0.5) is 5.82 Å². The number of nitrogens with zero attached hydrogens (tertiary/aromatic N) is 5. The lowest BCUT2D eigenvalue weighted by molar-refractivity contribution is -0.137. The highest BCUT2D eigenvalue weighted by molar-refractivity contribution is 6.29. The topological polar surface area (TPSA) is 52.6 Å². The molecule has 0 N–H and O–H groups in total. The van der Waals surface area contributed by atoms with Crippen molar-refractivity contribution in [1.29, 1.82) is 0 Å². The molecule has 2 aromatic rings. The quantitative estimate of drug-likeness (QED) is 0.791. The van der Waals surface area contributed by atoms with Crippen LogP contribution in [-0.2, 0) is 11.3 Å². The molecular formula is C21H26ClN5O. The summed E-state index contributed by atoms with van der Waals surface area (Å²) in [6, 6.07) is 14.2. The average molecular weight is 400 g/mol. The van der Waals surface area contributed by atoms with E-state index in [1.54, 1.807) is 6.07 Å². The zero-order chi connectivity index (χ0) is 19.3. The number of amides is 1. The monoisotopic (exact) mass is 399 g/mol. The number of hydrogen-bond donors (Lipinski definition) is 0. The van der Waals surface area contributed by atoms with E-state index < -0.39 is 0 Å². The number of aromatic nitrogens is 2. The van der Waals surface area contributed by atoms with Gasteiger partial charge in [-0.2, -0.15) is 0 Å². The largest absolute Gasteiger partial charge is 0.354 e. The van der Waals surface area contributed by atoms with Crippen LogP contribution >= 0.6 is 11.6 Å². The molecule has 7 heteroatoms. The van der Waals surface area contributed by atoms with E-state index in [1.165, 1.54) is 5.56 Å². The first-order chi connectivity index (χ1) is 13.7. The highest BCUT2D eigenvalue weighted by Gasteiger charge is 2.31. The molecule has 4 rings (SSSR count). The van der Waals surface area contributed by atoms with Gasteiger partial charge in [0.15, 0.2) is 11.0 Å². The first-order valence-corrected chi connectivity index (χ1v) is 10.4. The Bertz CT molecular complexity index is 777. The van der Waals surface area contributed by atoms with Crippen LogP contribution in [0.25, 0.3) is 0 Å². The number of piperazine rings is 1. The molecule has 148 valence electrons. The van der Waals surface area contributed by atoms with Crippen LogP contribution in [0.3, 0.4) is 0 Å². The van der Waals surface area contributed by atoms with Gasteiger partial charge in [-0.3, -0.25) is 9.69 Å². The van der Waals surface area contributed by atoms with Gasteiger partial charge in [0.25, 0.3) is 0 Å². The first-order valence-electron chi connectivity index (χ1n) is 9.98. The molecule has 28 heavy (non-hydrogen) atoms. The molecule has 0 aliphatic carbocycles. The highest BCUT2D eigenvalue weighted by atomic mass is 35.5. The molecule has 2 aliphatic heterocycles. The minimum absolute atomic E-state index is 0.0342. The molecular weight excluding hydrogens is 374 g/mol. The predicted octanol–water partition coefficient (Wildman–Crippen LogP) is 2.69. The van der Waals surface area contributed by atoms with Gasteiger partial charge < -0.3 is 9.80 Å². The van der Waals surface area contributed by atoms with Crippen molar-refractivity contribution in [2.45, 2.75) is 19.4 Å². The van der Waals surface area contributed by atoms with Gasteiger partial charge in [0, 0.05) is 45.8 Å². The van der Waals surface area contributed by atoms with Crippen LogP contribution in [0.15, 0.2) is 42.5 Å². The maximum absolute atomic E-state index is 13.1.